The zero-order valence-electron chi connectivity index (χ0n) is 12.0. The number of rotatable bonds is 3. The van der Waals surface area contributed by atoms with Crippen molar-refractivity contribution in [1.82, 2.24) is 14.7 Å². The third-order valence-electron chi connectivity index (χ3n) is 3.48. The molecule has 0 fully saturated rings. The minimum atomic E-state index is -0.206. The van der Waals surface area contributed by atoms with Gasteiger partial charge in [0.25, 0.3) is 5.91 Å². The van der Waals surface area contributed by atoms with E-state index in [2.05, 4.69) is 18.9 Å². The van der Waals surface area contributed by atoms with Gasteiger partial charge in [0.15, 0.2) is 6.23 Å². The number of aromatic nitrogens is 2. The summed E-state index contributed by atoms with van der Waals surface area (Å²) in [4.78, 5) is 14.1. The summed E-state index contributed by atoms with van der Waals surface area (Å²) in [6.45, 7) is 5.41. The molecule has 0 N–H and O–H groups in total. The fraction of sp³-hybridized carbons (Fsp3) is 0.467. The van der Waals surface area contributed by atoms with Gasteiger partial charge in [-0.05, 0) is 12.0 Å². The molecule has 5 heteroatoms. The lowest BCUT2D eigenvalue weighted by Gasteiger charge is -2.31. The Labute approximate surface area is 118 Å². The number of fused-ring (bicyclic) bond motifs is 3. The third kappa shape index (κ3) is 2.08. The van der Waals surface area contributed by atoms with E-state index in [0.717, 1.165) is 10.9 Å². The van der Waals surface area contributed by atoms with Crippen molar-refractivity contribution in [2.75, 3.05) is 20.2 Å². The van der Waals surface area contributed by atoms with Crippen LogP contribution in [-0.4, -0.2) is 40.8 Å². The second-order valence-electron chi connectivity index (χ2n) is 5.68. The van der Waals surface area contributed by atoms with Gasteiger partial charge in [0.05, 0.1) is 18.7 Å². The van der Waals surface area contributed by atoms with Crippen molar-refractivity contribution in [3.63, 3.8) is 0 Å². The van der Waals surface area contributed by atoms with Crippen LogP contribution in [-0.2, 0) is 4.74 Å². The monoisotopic (exact) mass is 273 g/mol. The highest BCUT2D eigenvalue weighted by Gasteiger charge is 2.32. The highest BCUT2D eigenvalue weighted by atomic mass is 16.5. The van der Waals surface area contributed by atoms with Crippen molar-refractivity contribution in [3.05, 3.63) is 30.0 Å². The van der Waals surface area contributed by atoms with Crippen molar-refractivity contribution >= 4 is 16.8 Å². The lowest BCUT2D eigenvalue weighted by atomic mass is 10.1. The Morgan fingerprint density at radius 3 is 2.90 bits per heavy atom. The Kier molecular flexibility index (Phi) is 3.22. The topological polar surface area (TPSA) is 47.4 Å². The average Bonchev–Trinajstić information content (AvgIpc) is 2.81. The van der Waals surface area contributed by atoms with Crippen molar-refractivity contribution in [3.8, 4) is 0 Å². The number of ether oxygens (including phenoxy) is 1. The molecule has 106 valence electrons. The summed E-state index contributed by atoms with van der Waals surface area (Å²) < 4.78 is 7.67. The van der Waals surface area contributed by atoms with Gasteiger partial charge in [0.1, 0.15) is 5.69 Å². The van der Waals surface area contributed by atoms with Crippen molar-refractivity contribution in [2.45, 2.75) is 20.1 Å². The summed E-state index contributed by atoms with van der Waals surface area (Å²) in [5.74, 6) is 0.453. The number of benzene rings is 1. The molecule has 0 saturated carbocycles. The van der Waals surface area contributed by atoms with E-state index in [9.17, 15) is 4.79 Å². The molecule has 0 bridgehead atoms. The van der Waals surface area contributed by atoms with Gasteiger partial charge in [0.2, 0.25) is 0 Å². The van der Waals surface area contributed by atoms with Gasteiger partial charge >= 0.3 is 0 Å². The van der Waals surface area contributed by atoms with E-state index in [-0.39, 0.29) is 12.1 Å². The Morgan fingerprint density at radius 2 is 2.15 bits per heavy atom. The molecule has 1 unspecified atom stereocenters. The van der Waals surface area contributed by atoms with Crippen LogP contribution in [0.3, 0.4) is 0 Å². The van der Waals surface area contributed by atoms with Gasteiger partial charge in [-0.2, -0.15) is 5.10 Å². The molecule has 1 aromatic carbocycles. The largest absolute Gasteiger partial charge is 0.354 e. The van der Waals surface area contributed by atoms with Crippen LogP contribution in [0.15, 0.2) is 24.3 Å². The van der Waals surface area contributed by atoms with Crippen molar-refractivity contribution in [2.24, 2.45) is 5.92 Å². The molecule has 1 aliphatic rings. The lowest BCUT2D eigenvalue weighted by molar-refractivity contribution is -0.0424. The highest BCUT2D eigenvalue weighted by Crippen LogP contribution is 2.27. The first-order chi connectivity index (χ1) is 9.58. The molecule has 0 radical (unpaired) electrons. The molecule has 0 aliphatic carbocycles. The molecule has 1 aliphatic heterocycles. The van der Waals surface area contributed by atoms with Gasteiger partial charge in [-0.15, -0.1) is 0 Å². The zero-order chi connectivity index (χ0) is 14.3. The first kappa shape index (κ1) is 13.1. The average molecular weight is 273 g/mol. The Hall–Kier alpha value is -1.88. The van der Waals surface area contributed by atoms with E-state index in [1.807, 2.05) is 24.3 Å². The number of likely N-dealkylation sites (N-methyl/N-ethyl adjacent to an activating group) is 1. The molecule has 1 atom stereocenters. The summed E-state index contributed by atoms with van der Waals surface area (Å²) >= 11 is 0. The SMILES string of the molecule is CC(C)COC1CN(C)C(=O)c2c3ccccc3nn21. The van der Waals surface area contributed by atoms with Crippen molar-refractivity contribution in [1.29, 1.82) is 0 Å². The second kappa shape index (κ2) is 4.90. The van der Waals surface area contributed by atoms with Crippen LogP contribution in [0.5, 0.6) is 0 Å². The van der Waals surface area contributed by atoms with Crippen LogP contribution in [0.4, 0.5) is 0 Å². The maximum Gasteiger partial charge on any atom is 0.272 e. The number of hydrogen-bond donors (Lipinski definition) is 0. The predicted octanol–water partition coefficient (Wildman–Crippen LogP) is 2.29. The third-order valence-corrected chi connectivity index (χ3v) is 3.48. The molecule has 5 nitrogen and oxygen atoms in total. The van der Waals surface area contributed by atoms with E-state index in [1.54, 1.807) is 16.6 Å². The molecule has 2 heterocycles. The molecule has 20 heavy (non-hydrogen) atoms. The van der Waals surface area contributed by atoms with E-state index >= 15 is 0 Å². The number of carbonyl (C=O) groups is 1. The van der Waals surface area contributed by atoms with E-state index in [0.29, 0.717) is 24.8 Å². The Bertz CT molecular complexity index is 648. The summed E-state index contributed by atoms with van der Waals surface area (Å²) in [6, 6.07) is 7.72. The standard InChI is InChI=1S/C15H19N3O2/c1-10(2)9-20-13-8-17(3)15(19)14-11-6-4-5-7-12(11)16-18(13)14/h4-7,10,13H,8-9H2,1-3H3. The van der Waals surface area contributed by atoms with E-state index in [1.165, 1.54) is 0 Å². The first-order valence-electron chi connectivity index (χ1n) is 6.92. The smallest absolute Gasteiger partial charge is 0.272 e. The molecular weight excluding hydrogens is 254 g/mol. The number of nitrogens with zero attached hydrogens (tertiary/aromatic N) is 3. The van der Waals surface area contributed by atoms with Gasteiger partial charge in [-0.3, -0.25) is 4.79 Å². The fourth-order valence-corrected chi connectivity index (χ4v) is 2.47. The lowest BCUT2D eigenvalue weighted by Crippen LogP contribution is -2.42. The summed E-state index contributed by atoms with van der Waals surface area (Å²) in [5.41, 5.74) is 1.47. The number of carbonyl (C=O) groups excluding carboxylic acids is 1. The molecule has 3 rings (SSSR count). The van der Waals surface area contributed by atoms with Crippen LogP contribution in [0.1, 0.15) is 30.6 Å². The molecule has 0 saturated heterocycles. The van der Waals surface area contributed by atoms with E-state index < -0.39 is 0 Å². The van der Waals surface area contributed by atoms with Crippen LogP contribution < -0.4 is 0 Å². The normalized spacial score (nSPS) is 18.9. The molecule has 0 spiro atoms. The predicted molar refractivity (Wildman–Crippen MR) is 76.5 cm³/mol. The van der Waals surface area contributed by atoms with Gasteiger partial charge < -0.3 is 9.64 Å². The second-order valence-corrected chi connectivity index (χ2v) is 5.68. The molecular formula is C15H19N3O2. The fourth-order valence-electron chi connectivity index (χ4n) is 2.47. The van der Waals surface area contributed by atoms with E-state index in [4.69, 9.17) is 4.74 Å². The maximum absolute atomic E-state index is 12.4. The first-order valence-corrected chi connectivity index (χ1v) is 6.92. The summed E-state index contributed by atoms with van der Waals surface area (Å²) in [7, 11) is 1.80. The molecule has 1 aromatic heterocycles. The Balaban J connectivity index is 2.06. The van der Waals surface area contributed by atoms with Crippen LogP contribution in [0.2, 0.25) is 0 Å². The van der Waals surface area contributed by atoms with Gasteiger partial charge in [-0.25, -0.2) is 4.68 Å². The highest BCUT2D eigenvalue weighted by molar-refractivity contribution is 6.05. The summed E-state index contributed by atoms with van der Waals surface area (Å²) in [5, 5.41) is 5.43. The minimum absolute atomic E-state index is 0.00287. The Morgan fingerprint density at radius 1 is 1.40 bits per heavy atom. The van der Waals surface area contributed by atoms with Crippen LogP contribution in [0, 0.1) is 5.92 Å². The summed E-state index contributed by atoms with van der Waals surface area (Å²) in [6.07, 6.45) is -0.206. The maximum atomic E-state index is 12.4. The number of hydrogen-bond acceptors (Lipinski definition) is 3. The number of amides is 1. The van der Waals surface area contributed by atoms with Gasteiger partial charge in [0, 0.05) is 12.4 Å². The quantitative estimate of drug-likeness (QED) is 0.862. The zero-order valence-corrected chi connectivity index (χ0v) is 12.0. The molecule has 2 aromatic rings. The van der Waals surface area contributed by atoms with Gasteiger partial charge in [-0.1, -0.05) is 32.0 Å². The molecule has 1 amide bonds. The van der Waals surface area contributed by atoms with Crippen LogP contribution in [0.25, 0.3) is 10.9 Å². The van der Waals surface area contributed by atoms with Crippen molar-refractivity contribution < 1.29 is 9.53 Å². The minimum Gasteiger partial charge on any atom is -0.354 e. The van der Waals surface area contributed by atoms with Crippen LogP contribution >= 0.6 is 0 Å².